The van der Waals surface area contributed by atoms with E-state index in [1.807, 2.05) is 0 Å². The lowest BCUT2D eigenvalue weighted by Gasteiger charge is -2.34. The number of fused-ring (bicyclic) bond motifs is 1. The van der Waals surface area contributed by atoms with Crippen LogP contribution in [0, 0.1) is 0 Å². The number of carbonyl (C=O) groups is 1. The number of ether oxygens (including phenoxy) is 1. The highest BCUT2D eigenvalue weighted by Crippen LogP contribution is 2.46. The Bertz CT molecular complexity index is 337. The normalized spacial score (nSPS) is 32.6. The van der Waals surface area contributed by atoms with Gasteiger partial charge in [0.15, 0.2) is 0 Å². The summed E-state index contributed by atoms with van der Waals surface area (Å²) < 4.78 is 45.4. The molecule has 6 heteroatoms. The van der Waals surface area contributed by atoms with Crippen molar-refractivity contribution in [3.63, 3.8) is 0 Å². The summed E-state index contributed by atoms with van der Waals surface area (Å²) in [7, 11) is 0. The quantitative estimate of drug-likeness (QED) is 0.729. The molecule has 0 amide bonds. The van der Waals surface area contributed by atoms with E-state index in [0.29, 0.717) is 13.0 Å². The number of esters is 1. The van der Waals surface area contributed by atoms with Crippen molar-refractivity contribution in [3.05, 3.63) is 0 Å². The van der Waals surface area contributed by atoms with E-state index in [2.05, 4.69) is 4.74 Å². The molecule has 2 aliphatic rings. The van der Waals surface area contributed by atoms with E-state index in [4.69, 9.17) is 0 Å². The van der Waals surface area contributed by atoms with Gasteiger partial charge < -0.3 is 4.74 Å². The van der Waals surface area contributed by atoms with Crippen LogP contribution in [0.4, 0.5) is 13.2 Å². The Hall–Kier alpha value is -0.780. The summed E-state index contributed by atoms with van der Waals surface area (Å²) in [5.41, 5.74) is -0.852. The second-order valence-corrected chi connectivity index (χ2v) is 5.18. The highest BCUT2D eigenvalue weighted by Gasteiger charge is 2.56. The zero-order chi connectivity index (χ0) is 13.4. The Balaban J connectivity index is 2.09. The molecule has 2 heterocycles. The summed E-state index contributed by atoms with van der Waals surface area (Å²) in [5, 5.41) is 0. The molecular weight excluding hydrogens is 247 g/mol. The van der Waals surface area contributed by atoms with Crippen molar-refractivity contribution in [1.29, 1.82) is 0 Å². The molecule has 0 radical (unpaired) electrons. The first-order chi connectivity index (χ1) is 8.39. The van der Waals surface area contributed by atoms with Crippen molar-refractivity contribution < 1.29 is 22.7 Å². The van der Waals surface area contributed by atoms with Gasteiger partial charge in [0.25, 0.3) is 0 Å². The maximum absolute atomic E-state index is 13.8. The molecule has 0 aromatic heterocycles. The SMILES string of the molecule is CCOC(=O)C(F)(F)C[C@@]12CCCN1C[C@H](F)C2. The molecule has 2 fully saturated rings. The van der Waals surface area contributed by atoms with E-state index in [9.17, 15) is 18.0 Å². The number of halogens is 3. The summed E-state index contributed by atoms with van der Waals surface area (Å²) in [4.78, 5) is 13.0. The summed E-state index contributed by atoms with van der Waals surface area (Å²) in [6.07, 6.45) is -0.279. The fourth-order valence-electron chi connectivity index (χ4n) is 3.22. The zero-order valence-corrected chi connectivity index (χ0v) is 10.4. The minimum Gasteiger partial charge on any atom is -0.462 e. The van der Waals surface area contributed by atoms with E-state index in [-0.39, 0.29) is 19.6 Å². The van der Waals surface area contributed by atoms with Crippen LogP contribution in [-0.2, 0) is 9.53 Å². The van der Waals surface area contributed by atoms with Gasteiger partial charge in [-0.15, -0.1) is 0 Å². The second-order valence-electron chi connectivity index (χ2n) is 5.18. The Labute approximate surface area is 104 Å². The Morgan fingerprint density at radius 1 is 1.56 bits per heavy atom. The van der Waals surface area contributed by atoms with Crippen LogP contribution in [0.5, 0.6) is 0 Å². The van der Waals surface area contributed by atoms with Crippen LogP contribution in [0.3, 0.4) is 0 Å². The molecule has 0 aromatic carbocycles. The lowest BCUT2D eigenvalue weighted by atomic mass is 9.87. The minimum atomic E-state index is -3.53. The molecule has 0 spiro atoms. The maximum Gasteiger partial charge on any atom is 0.377 e. The Morgan fingerprint density at radius 2 is 2.28 bits per heavy atom. The molecule has 0 unspecified atom stereocenters. The summed E-state index contributed by atoms with van der Waals surface area (Å²) >= 11 is 0. The molecule has 104 valence electrons. The first-order valence-corrected chi connectivity index (χ1v) is 6.34. The third-order valence-corrected chi connectivity index (χ3v) is 3.89. The van der Waals surface area contributed by atoms with Gasteiger partial charge in [0.1, 0.15) is 6.17 Å². The fourth-order valence-corrected chi connectivity index (χ4v) is 3.22. The molecule has 0 aromatic rings. The molecule has 0 N–H and O–H groups in total. The molecule has 0 saturated carbocycles. The maximum atomic E-state index is 13.8. The first-order valence-electron chi connectivity index (χ1n) is 6.34. The van der Waals surface area contributed by atoms with Gasteiger partial charge in [0, 0.05) is 18.5 Å². The van der Waals surface area contributed by atoms with Crippen LogP contribution in [0.25, 0.3) is 0 Å². The number of hydrogen-bond acceptors (Lipinski definition) is 3. The molecular formula is C12H18F3NO2. The van der Waals surface area contributed by atoms with Gasteiger partial charge in [-0.1, -0.05) is 0 Å². The van der Waals surface area contributed by atoms with Gasteiger partial charge in [-0.3, -0.25) is 4.90 Å². The molecule has 3 nitrogen and oxygen atoms in total. The van der Waals surface area contributed by atoms with Gasteiger partial charge in [0.05, 0.1) is 6.61 Å². The molecule has 2 aliphatic heterocycles. The van der Waals surface area contributed by atoms with Gasteiger partial charge in [-0.25, -0.2) is 9.18 Å². The number of rotatable bonds is 4. The third kappa shape index (κ3) is 2.35. The van der Waals surface area contributed by atoms with Crippen LogP contribution in [0.2, 0.25) is 0 Å². The van der Waals surface area contributed by atoms with Gasteiger partial charge in [-0.2, -0.15) is 8.78 Å². The number of nitrogens with zero attached hydrogens (tertiary/aromatic N) is 1. The molecule has 2 rings (SSSR count). The summed E-state index contributed by atoms with van der Waals surface area (Å²) in [6.45, 7) is 2.26. The van der Waals surface area contributed by atoms with Crippen molar-refractivity contribution in [3.8, 4) is 0 Å². The third-order valence-electron chi connectivity index (χ3n) is 3.89. The Kier molecular flexibility index (Phi) is 3.58. The molecule has 18 heavy (non-hydrogen) atoms. The largest absolute Gasteiger partial charge is 0.462 e. The van der Waals surface area contributed by atoms with E-state index in [1.54, 1.807) is 4.90 Å². The predicted molar refractivity (Wildman–Crippen MR) is 59.2 cm³/mol. The van der Waals surface area contributed by atoms with Crippen molar-refractivity contribution in [2.75, 3.05) is 19.7 Å². The second kappa shape index (κ2) is 4.72. The summed E-state index contributed by atoms with van der Waals surface area (Å²) in [5.74, 6) is -5.02. The average Bonchev–Trinajstić information content (AvgIpc) is 2.72. The monoisotopic (exact) mass is 265 g/mol. The summed E-state index contributed by atoms with van der Waals surface area (Å²) in [6, 6.07) is 0. The standard InChI is InChI=1S/C12H18F3NO2/c1-2-18-10(17)12(14,15)8-11-4-3-5-16(11)7-9(13)6-11/h9H,2-8H2,1H3/t9-,11+/m1/s1. The topological polar surface area (TPSA) is 29.5 Å². The molecule has 0 bridgehead atoms. The van der Waals surface area contributed by atoms with Crippen LogP contribution >= 0.6 is 0 Å². The van der Waals surface area contributed by atoms with Crippen molar-refractivity contribution in [2.45, 2.75) is 50.2 Å². The molecule has 0 aliphatic carbocycles. The molecule has 2 saturated heterocycles. The minimum absolute atomic E-state index is 0.0725. The van der Waals surface area contributed by atoms with Crippen LogP contribution in [-0.4, -0.2) is 48.2 Å². The lowest BCUT2D eigenvalue weighted by Crippen LogP contribution is -2.46. The van der Waals surface area contributed by atoms with Crippen LogP contribution in [0.15, 0.2) is 0 Å². The highest BCUT2D eigenvalue weighted by atomic mass is 19.3. The number of hydrogen-bond donors (Lipinski definition) is 0. The first kappa shape index (κ1) is 13.6. The van der Waals surface area contributed by atoms with E-state index in [0.717, 1.165) is 6.42 Å². The fraction of sp³-hybridized carbons (Fsp3) is 0.917. The average molecular weight is 265 g/mol. The zero-order valence-electron chi connectivity index (χ0n) is 10.4. The highest BCUT2D eigenvalue weighted by molar-refractivity contribution is 5.77. The smallest absolute Gasteiger partial charge is 0.377 e. The number of alkyl halides is 3. The van der Waals surface area contributed by atoms with Crippen LogP contribution in [0.1, 0.15) is 32.6 Å². The van der Waals surface area contributed by atoms with Gasteiger partial charge in [-0.05, 0) is 32.7 Å². The van der Waals surface area contributed by atoms with Crippen molar-refractivity contribution in [1.82, 2.24) is 4.90 Å². The van der Waals surface area contributed by atoms with Crippen molar-refractivity contribution in [2.24, 2.45) is 0 Å². The van der Waals surface area contributed by atoms with Crippen molar-refractivity contribution >= 4 is 5.97 Å². The van der Waals surface area contributed by atoms with E-state index < -0.39 is 30.0 Å². The van der Waals surface area contributed by atoms with Gasteiger partial charge >= 0.3 is 11.9 Å². The predicted octanol–water partition coefficient (Wildman–Crippen LogP) is 2.15. The Morgan fingerprint density at radius 3 is 2.94 bits per heavy atom. The van der Waals surface area contributed by atoms with E-state index >= 15 is 0 Å². The van der Waals surface area contributed by atoms with Gasteiger partial charge in [0.2, 0.25) is 0 Å². The van der Waals surface area contributed by atoms with Crippen LogP contribution < -0.4 is 0 Å². The molecule has 2 atom stereocenters. The lowest BCUT2D eigenvalue weighted by molar-refractivity contribution is -0.176. The van der Waals surface area contributed by atoms with E-state index in [1.165, 1.54) is 6.92 Å². The number of carbonyl (C=O) groups excluding carboxylic acids is 1.